The van der Waals surface area contributed by atoms with Gasteiger partial charge in [0.2, 0.25) is 5.91 Å². The molecule has 0 aliphatic rings. The second kappa shape index (κ2) is 9.55. The predicted molar refractivity (Wildman–Crippen MR) is 61.0 cm³/mol. The van der Waals surface area contributed by atoms with Gasteiger partial charge in [-0.25, -0.2) is 0 Å². The number of aliphatic hydroxyl groups excluding tert-OH is 1. The number of thioether (sulfide) groups is 1. The first-order valence-electron chi connectivity index (χ1n) is 5.18. The molecule has 0 saturated carbocycles. The number of carbonyl (C=O) groups is 1. The summed E-state index contributed by atoms with van der Waals surface area (Å²) in [6.45, 7) is -0.703. The minimum atomic E-state index is -4.37. The molecule has 0 aromatic carbocycles. The summed E-state index contributed by atoms with van der Waals surface area (Å²) in [7, 11) is 0. The summed E-state index contributed by atoms with van der Waals surface area (Å²) in [4.78, 5) is 10.9. The highest BCUT2D eigenvalue weighted by molar-refractivity contribution is 7.99. The van der Waals surface area contributed by atoms with Crippen molar-refractivity contribution in [2.45, 2.75) is 12.6 Å². The van der Waals surface area contributed by atoms with Crippen molar-refractivity contribution >= 4 is 17.7 Å². The molecule has 0 aromatic heterocycles. The first-order valence-corrected chi connectivity index (χ1v) is 6.34. The highest BCUT2D eigenvalue weighted by Gasteiger charge is 2.27. The van der Waals surface area contributed by atoms with Gasteiger partial charge in [-0.05, 0) is 12.2 Å². The van der Waals surface area contributed by atoms with Crippen molar-refractivity contribution in [3.05, 3.63) is 0 Å². The van der Waals surface area contributed by atoms with Crippen LogP contribution in [0.5, 0.6) is 0 Å². The van der Waals surface area contributed by atoms with Crippen LogP contribution < -0.4 is 10.6 Å². The fourth-order valence-electron chi connectivity index (χ4n) is 0.876. The minimum Gasteiger partial charge on any atom is -0.396 e. The Bertz CT molecular complexity index is 215. The average Bonchev–Trinajstić information content (AvgIpc) is 2.24. The molecule has 4 nitrogen and oxygen atoms in total. The molecule has 0 aromatic rings. The summed E-state index contributed by atoms with van der Waals surface area (Å²) in [5.41, 5.74) is 0. The van der Waals surface area contributed by atoms with Gasteiger partial charge in [-0.2, -0.15) is 24.9 Å². The van der Waals surface area contributed by atoms with E-state index in [0.29, 0.717) is 6.54 Å². The molecule has 17 heavy (non-hydrogen) atoms. The molecule has 0 spiro atoms. The van der Waals surface area contributed by atoms with Crippen molar-refractivity contribution in [1.29, 1.82) is 0 Å². The first kappa shape index (κ1) is 16.5. The van der Waals surface area contributed by atoms with E-state index in [1.54, 1.807) is 17.1 Å². The van der Waals surface area contributed by atoms with Crippen LogP contribution in [-0.2, 0) is 4.79 Å². The van der Waals surface area contributed by atoms with Crippen molar-refractivity contribution in [3.63, 3.8) is 0 Å². The van der Waals surface area contributed by atoms with Gasteiger partial charge in [-0.3, -0.25) is 4.79 Å². The Hall–Kier alpha value is -0.470. The van der Waals surface area contributed by atoms with Crippen molar-refractivity contribution in [3.8, 4) is 0 Å². The normalized spacial score (nSPS) is 11.5. The van der Waals surface area contributed by atoms with Crippen LogP contribution in [0.4, 0.5) is 13.2 Å². The molecule has 0 fully saturated rings. The summed E-state index contributed by atoms with van der Waals surface area (Å²) < 4.78 is 35.2. The molecule has 102 valence electrons. The number of amides is 1. The molecule has 0 unspecified atom stereocenters. The molecule has 0 aliphatic carbocycles. The van der Waals surface area contributed by atoms with Gasteiger partial charge >= 0.3 is 6.18 Å². The molecule has 0 rings (SSSR count). The van der Waals surface area contributed by atoms with Gasteiger partial charge in [0.1, 0.15) is 6.54 Å². The Labute approximate surface area is 102 Å². The minimum absolute atomic E-state index is 0.114. The lowest BCUT2D eigenvalue weighted by Crippen LogP contribution is -2.39. The molecule has 3 N–H and O–H groups in total. The smallest absolute Gasteiger partial charge is 0.396 e. The molecule has 0 heterocycles. The van der Waals surface area contributed by atoms with Gasteiger partial charge in [-0.1, -0.05) is 0 Å². The van der Waals surface area contributed by atoms with E-state index in [1.807, 2.05) is 0 Å². The molecular formula is C9H17F3N2O2S. The maximum atomic E-state index is 11.7. The van der Waals surface area contributed by atoms with Crippen LogP contribution in [0.1, 0.15) is 6.42 Å². The van der Waals surface area contributed by atoms with Crippen molar-refractivity contribution in [1.82, 2.24) is 10.6 Å². The number of halogens is 3. The van der Waals surface area contributed by atoms with Crippen LogP contribution >= 0.6 is 11.8 Å². The molecule has 8 heteroatoms. The second-order valence-corrected chi connectivity index (χ2v) is 4.48. The van der Waals surface area contributed by atoms with E-state index >= 15 is 0 Å². The third kappa shape index (κ3) is 13.5. The lowest BCUT2D eigenvalue weighted by molar-refractivity contribution is -0.137. The highest BCUT2D eigenvalue weighted by Crippen LogP contribution is 2.11. The van der Waals surface area contributed by atoms with Crippen molar-refractivity contribution < 1.29 is 23.1 Å². The van der Waals surface area contributed by atoms with Crippen molar-refractivity contribution in [2.75, 3.05) is 37.7 Å². The van der Waals surface area contributed by atoms with Crippen LogP contribution in [0.15, 0.2) is 0 Å². The fraction of sp³-hybridized carbons (Fsp3) is 0.889. The van der Waals surface area contributed by atoms with Gasteiger partial charge < -0.3 is 15.7 Å². The highest BCUT2D eigenvalue weighted by atomic mass is 32.2. The van der Waals surface area contributed by atoms with Gasteiger partial charge in [-0.15, -0.1) is 0 Å². The molecule has 1 amide bonds. The molecule has 0 aliphatic heterocycles. The lowest BCUT2D eigenvalue weighted by Gasteiger charge is -2.08. The summed E-state index contributed by atoms with van der Waals surface area (Å²) in [6, 6.07) is 0. The predicted octanol–water partition coefficient (Wildman–Crippen LogP) is 0.370. The van der Waals surface area contributed by atoms with Gasteiger partial charge in [0.05, 0.1) is 6.54 Å². The number of alkyl halides is 3. The maximum absolute atomic E-state index is 11.7. The summed E-state index contributed by atoms with van der Waals surface area (Å²) in [6.07, 6.45) is -3.65. The van der Waals surface area contributed by atoms with Gasteiger partial charge in [0, 0.05) is 18.9 Å². The number of carbonyl (C=O) groups excluding carboxylic acids is 1. The summed E-state index contributed by atoms with van der Waals surface area (Å²) in [5, 5.41) is 13.0. The average molecular weight is 274 g/mol. The Balaban J connectivity index is 3.28. The lowest BCUT2D eigenvalue weighted by atomic mass is 10.5. The van der Waals surface area contributed by atoms with Gasteiger partial charge in [0.25, 0.3) is 0 Å². The van der Waals surface area contributed by atoms with Crippen LogP contribution in [0.3, 0.4) is 0 Å². The number of nitrogens with one attached hydrogen (secondary N) is 2. The van der Waals surface area contributed by atoms with Gasteiger partial charge in [0.15, 0.2) is 0 Å². The third-order valence-electron chi connectivity index (χ3n) is 1.64. The van der Waals surface area contributed by atoms with Crippen molar-refractivity contribution in [2.24, 2.45) is 0 Å². The summed E-state index contributed by atoms with van der Waals surface area (Å²) >= 11 is 1.61. The largest absolute Gasteiger partial charge is 0.405 e. The maximum Gasteiger partial charge on any atom is 0.405 e. The number of aliphatic hydroxyl groups is 1. The third-order valence-corrected chi connectivity index (χ3v) is 2.71. The van der Waals surface area contributed by atoms with Crippen LogP contribution in [-0.4, -0.2) is 54.9 Å². The molecule has 0 bridgehead atoms. The van der Waals surface area contributed by atoms with Crippen LogP contribution in [0.25, 0.3) is 0 Å². The Morgan fingerprint density at radius 2 is 2.00 bits per heavy atom. The second-order valence-electron chi connectivity index (χ2n) is 3.26. The van der Waals surface area contributed by atoms with E-state index in [4.69, 9.17) is 5.11 Å². The number of hydrogen-bond acceptors (Lipinski definition) is 4. The SMILES string of the molecule is O=C(CNCCSCCCO)NCC(F)(F)F. The zero-order valence-corrected chi connectivity index (χ0v) is 10.2. The molecule has 0 radical (unpaired) electrons. The Kier molecular flexibility index (Phi) is 9.28. The zero-order valence-electron chi connectivity index (χ0n) is 9.35. The molecule has 0 atom stereocenters. The zero-order chi connectivity index (χ0) is 13.1. The molecular weight excluding hydrogens is 257 g/mol. The fourth-order valence-corrected chi connectivity index (χ4v) is 1.70. The monoisotopic (exact) mass is 274 g/mol. The van der Waals surface area contributed by atoms with E-state index in [0.717, 1.165) is 17.9 Å². The van der Waals surface area contributed by atoms with E-state index < -0.39 is 18.6 Å². The van der Waals surface area contributed by atoms with E-state index in [-0.39, 0.29) is 13.2 Å². The van der Waals surface area contributed by atoms with E-state index in [2.05, 4.69) is 5.32 Å². The molecule has 0 saturated heterocycles. The quantitative estimate of drug-likeness (QED) is 0.532. The Morgan fingerprint density at radius 3 is 2.59 bits per heavy atom. The first-order chi connectivity index (χ1) is 7.95. The van der Waals surface area contributed by atoms with Crippen LogP contribution in [0.2, 0.25) is 0 Å². The number of rotatable bonds is 9. The van der Waals surface area contributed by atoms with Crippen LogP contribution in [0, 0.1) is 0 Å². The number of hydrogen-bond donors (Lipinski definition) is 3. The Morgan fingerprint density at radius 1 is 1.29 bits per heavy atom. The van der Waals surface area contributed by atoms with E-state index in [9.17, 15) is 18.0 Å². The summed E-state index contributed by atoms with van der Waals surface area (Å²) in [5.74, 6) is 0.924. The standard InChI is InChI=1S/C9H17F3N2O2S/c10-9(11,12)7-14-8(16)6-13-2-5-17-4-1-3-15/h13,15H,1-7H2,(H,14,16). The van der Waals surface area contributed by atoms with E-state index in [1.165, 1.54) is 0 Å². The topological polar surface area (TPSA) is 61.4 Å².